The molecule has 0 aliphatic heterocycles. The summed E-state index contributed by atoms with van der Waals surface area (Å²) in [5, 5.41) is 9.82. The lowest BCUT2D eigenvalue weighted by atomic mass is 10.0. The van der Waals surface area contributed by atoms with E-state index in [-0.39, 0.29) is 5.97 Å². The van der Waals surface area contributed by atoms with E-state index in [4.69, 9.17) is 4.74 Å². The van der Waals surface area contributed by atoms with Crippen LogP contribution in [0.4, 0.5) is 0 Å². The fourth-order valence-corrected chi connectivity index (χ4v) is 1.81. The van der Waals surface area contributed by atoms with Gasteiger partial charge in [-0.1, -0.05) is 43.7 Å². The van der Waals surface area contributed by atoms with Gasteiger partial charge in [-0.3, -0.25) is 4.79 Å². The van der Waals surface area contributed by atoms with Gasteiger partial charge in [0.1, 0.15) is 0 Å². The highest BCUT2D eigenvalue weighted by atomic mass is 16.5. The number of esters is 1. The summed E-state index contributed by atoms with van der Waals surface area (Å²) in [5.74, 6) is -0.202. The van der Waals surface area contributed by atoms with E-state index in [0.717, 1.165) is 19.3 Å². The number of benzene rings is 1. The third-order valence-corrected chi connectivity index (χ3v) is 3.05. The molecule has 3 nitrogen and oxygen atoms in total. The van der Waals surface area contributed by atoms with Crippen LogP contribution >= 0.6 is 0 Å². The molecule has 1 rings (SSSR count). The maximum absolute atomic E-state index is 11.4. The van der Waals surface area contributed by atoms with Crippen molar-refractivity contribution in [2.75, 3.05) is 6.61 Å². The summed E-state index contributed by atoms with van der Waals surface area (Å²) in [7, 11) is 0. The topological polar surface area (TPSA) is 46.5 Å². The van der Waals surface area contributed by atoms with Crippen LogP contribution in [0, 0.1) is 0 Å². The average molecular weight is 264 g/mol. The van der Waals surface area contributed by atoms with E-state index < -0.39 is 6.10 Å². The summed E-state index contributed by atoms with van der Waals surface area (Å²) in [6.07, 6.45) is 3.81. The molecule has 0 spiro atoms. The maximum Gasteiger partial charge on any atom is 0.305 e. The number of ether oxygens (including phenoxy) is 1. The first-order valence-corrected chi connectivity index (χ1v) is 7.10. The number of carbonyl (C=O) groups is 1. The zero-order chi connectivity index (χ0) is 13.9. The van der Waals surface area contributed by atoms with E-state index in [9.17, 15) is 9.90 Å². The Labute approximate surface area is 115 Å². The van der Waals surface area contributed by atoms with Gasteiger partial charge in [-0.25, -0.2) is 0 Å². The molecule has 1 aromatic carbocycles. The fourth-order valence-electron chi connectivity index (χ4n) is 1.81. The SMILES string of the molecule is CCCCOC(=O)CCC(O)CCc1ccccc1. The molecule has 1 N–H and O–H groups in total. The molecular weight excluding hydrogens is 240 g/mol. The van der Waals surface area contributed by atoms with Gasteiger partial charge in [0.2, 0.25) is 0 Å². The zero-order valence-electron chi connectivity index (χ0n) is 11.7. The Morgan fingerprint density at radius 2 is 2.00 bits per heavy atom. The lowest BCUT2D eigenvalue weighted by Crippen LogP contribution is -2.13. The van der Waals surface area contributed by atoms with Crippen molar-refractivity contribution < 1.29 is 14.6 Å². The number of aryl methyl sites for hydroxylation is 1. The lowest BCUT2D eigenvalue weighted by Gasteiger charge is -2.10. The Balaban J connectivity index is 2.10. The van der Waals surface area contributed by atoms with Crippen LogP contribution in [0.5, 0.6) is 0 Å². The van der Waals surface area contributed by atoms with Gasteiger partial charge in [0.25, 0.3) is 0 Å². The molecule has 0 bridgehead atoms. The first-order valence-electron chi connectivity index (χ1n) is 7.10. The van der Waals surface area contributed by atoms with Crippen molar-refractivity contribution in [3.8, 4) is 0 Å². The van der Waals surface area contributed by atoms with E-state index in [0.29, 0.717) is 25.9 Å². The number of hydrogen-bond acceptors (Lipinski definition) is 3. The molecule has 0 radical (unpaired) electrons. The second-order valence-corrected chi connectivity index (χ2v) is 4.79. The predicted octanol–water partition coefficient (Wildman–Crippen LogP) is 3.10. The van der Waals surface area contributed by atoms with Crippen LogP contribution in [0.2, 0.25) is 0 Å². The van der Waals surface area contributed by atoms with Gasteiger partial charge in [-0.05, 0) is 31.2 Å². The average Bonchev–Trinajstić information content (AvgIpc) is 2.44. The minimum Gasteiger partial charge on any atom is -0.466 e. The van der Waals surface area contributed by atoms with Crippen LogP contribution in [0.15, 0.2) is 30.3 Å². The molecule has 106 valence electrons. The largest absolute Gasteiger partial charge is 0.466 e. The zero-order valence-corrected chi connectivity index (χ0v) is 11.7. The van der Waals surface area contributed by atoms with Crippen LogP contribution in [0.1, 0.15) is 44.6 Å². The van der Waals surface area contributed by atoms with Gasteiger partial charge in [0, 0.05) is 6.42 Å². The quantitative estimate of drug-likeness (QED) is 0.550. The smallest absolute Gasteiger partial charge is 0.305 e. The summed E-state index contributed by atoms with van der Waals surface area (Å²) in [6, 6.07) is 10.1. The molecule has 0 heterocycles. The number of hydrogen-bond donors (Lipinski definition) is 1. The second kappa shape index (κ2) is 9.56. The molecular formula is C16H24O3. The Kier molecular flexibility index (Phi) is 7.91. The summed E-state index contributed by atoms with van der Waals surface area (Å²) in [5.41, 5.74) is 1.21. The molecule has 1 atom stereocenters. The van der Waals surface area contributed by atoms with Crippen molar-refractivity contribution in [3.63, 3.8) is 0 Å². The predicted molar refractivity (Wildman–Crippen MR) is 75.9 cm³/mol. The summed E-state index contributed by atoms with van der Waals surface area (Å²) in [6.45, 7) is 2.55. The molecule has 0 amide bonds. The summed E-state index contributed by atoms with van der Waals surface area (Å²) >= 11 is 0. The number of unbranched alkanes of at least 4 members (excludes halogenated alkanes) is 1. The Hall–Kier alpha value is -1.35. The van der Waals surface area contributed by atoms with Gasteiger partial charge in [-0.2, -0.15) is 0 Å². The van der Waals surface area contributed by atoms with Crippen LogP contribution < -0.4 is 0 Å². The molecule has 19 heavy (non-hydrogen) atoms. The molecule has 0 aliphatic rings. The van der Waals surface area contributed by atoms with Gasteiger partial charge < -0.3 is 9.84 Å². The highest BCUT2D eigenvalue weighted by Gasteiger charge is 2.09. The third-order valence-electron chi connectivity index (χ3n) is 3.05. The first kappa shape index (κ1) is 15.7. The molecule has 0 aromatic heterocycles. The maximum atomic E-state index is 11.4. The summed E-state index contributed by atoms with van der Waals surface area (Å²) < 4.78 is 5.05. The number of carbonyl (C=O) groups excluding carboxylic acids is 1. The van der Waals surface area contributed by atoms with Crippen molar-refractivity contribution in [1.29, 1.82) is 0 Å². The van der Waals surface area contributed by atoms with E-state index in [2.05, 4.69) is 6.92 Å². The Morgan fingerprint density at radius 1 is 1.26 bits per heavy atom. The van der Waals surface area contributed by atoms with Crippen LogP contribution in [-0.2, 0) is 16.0 Å². The van der Waals surface area contributed by atoms with Crippen LogP contribution in [0.3, 0.4) is 0 Å². The van der Waals surface area contributed by atoms with Crippen molar-refractivity contribution >= 4 is 5.97 Å². The van der Waals surface area contributed by atoms with Crippen molar-refractivity contribution in [2.45, 2.75) is 51.6 Å². The van der Waals surface area contributed by atoms with E-state index in [1.54, 1.807) is 0 Å². The highest BCUT2D eigenvalue weighted by molar-refractivity contribution is 5.69. The van der Waals surface area contributed by atoms with Crippen LogP contribution in [0.25, 0.3) is 0 Å². The van der Waals surface area contributed by atoms with Crippen molar-refractivity contribution in [3.05, 3.63) is 35.9 Å². The molecule has 1 unspecified atom stereocenters. The highest BCUT2D eigenvalue weighted by Crippen LogP contribution is 2.09. The minimum atomic E-state index is -0.432. The normalized spacial score (nSPS) is 12.1. The first-order chi connectivity index (χ1) is 9.22. The number of aliphatic hydroxyl groups is 1. The van der Waals surface area contributed by atoms with Crippen molar-refractivity contribution in [1.82, 2.24) is 0 Å². The standard InChI is InChI=1S/C16H24O3/c1-2-3-13-19-16(18)12-11-15(17)10-9-14-7-5-4-6-8-14/h4-8,15,17H,2-3,9-13H2,1H3. The van der Waals surface area contributed by atoms with Gasteiger partial charge in [0.15, 0.2) is 0 Å². The fraction of sp³-hybridized carbons (Fsp3) is 0.562. The Bertz CT molecular complexity index is 348. The molecule has 0 saturated carbocycles. The molecule has 0 fully saturated rings. The van der Waals surface area contributed by atoms with E-state index in [1.165, 1.54) is 5.56 Å². The minimum absolute atomic E-state index is 0.202. The second-order valence-electron chi connectivity index (χ2n) is 4.79. The molecule has 1 aromatic rings. The monoisotopic (exact) mass is 264 g/mol. The lowest BCUT2D eigenvalue weighted by molar-refractivity contribution is -0.144. The van der Waals surface area contributed by atoms with Gasteiger partial charge in [0.05, 0.1) is 12.7 Å². The summed E-state index contributed by atoms with van der Waals surface area (Å²) in [4.78, 5) is 11.4. The van der Waals surface area contributed by atoms with Gasteiger partial charge in [-0.15, -0.1) is 0 Å². The molecule has 0 aliphatic carbocycles. The number of aliphatic hydroxyl groups excluding tert-OH is 1. The molecule has 0 saturated heterocycles. The van der Waals surface area contributed by atoms with Gasteiger partial charge >= 0.3 is 5.97 Å². The Morgan fingerprint density at radius 3 is 2.68 bits per heavy atom. The van der Waals surface area contributed by atoms with Crippen LogP contribution in [-0.4, -0.2) is 23.8 Å². The number of rotatable bonds is 9. The van der Waals surface area contributed by atoms with Crippen molar-refractivity contribution in [2.24, 2.45) is 0 Å². The van der Waals surface area contributed by atoms with E-state index in [1.807, 2.05) is 30.3 Å². The molecule has 3 heteroatoms. The third kappa shape index (κ3) is 7.62. The van der Waals surface area contributed by atoms with E-state index >= 15 is 0 Å².